The maximum Gasteiger partial charge on any atom is 0.264 e. The first-order valence-electron chi connectivity index (χ1n) is 12.2. The summed E-state index contributed by atoms with van der Waals surface area (Å²) in [4.78, 5) is 28.3. The van der Waals surface area contributed by atoms with Gasteiger partial charge in [-0.1, -0.05) is 60.1 Å². The van der Waals surface area contributed by atoms with E-state index in [2.05, 4.69) is 48.0 Å². The lowest BCUT2D eigenvalue weighted by Crippen LogP contribution is -2.41. The van der Waals surface area contributed by atoms with Crippen molar-refractivity contribution in [3.05, 3.63) is 93.0 Å². The maximum absolute atomic E-state index is 13.7. The summed E-state index contributed by atoms with van der Waals surface area (Å²) in [5.74, 6) is 0.762. The molecule has 1 amide bonds. The number of anilines is 1. The molecule has 1 atom stereocenters. The third-order valence-corrected chi connectivity index (χ3v) is 7.44. The summed E-state index contributed by atoms with van der Waals surface area (Å²) < 4.78 is 11.4. The number of carbonyl (C=O) groups excluding carboxylic acids is 2. The fourth-order valence-corrected chi connectivity index (χ4v) is 5.12. The van der Waals surface area contributed by atoms with Gasteiger partial charge in [0.15, 0.2) is 22.9 Å². The molecule has 0 spiro atoms. The van der Waals surface area contributed by atoms with Crippen LogP contribution in [-0.4, -0.2) is 23.6 Å². The minimum absolute atomic E-state index is 0.170. The van der Waals surface area contributed by atoms with Gasteiger partial charge >= 0.3 is 0 Å². The number of nitrogens with zero attached hydrogens (tertiary/aromatic N) is 1. The summed E-state index contributed by atoms with van der Waals surface area (Å²) in [5, 5.41) is 11.7. The lowest BCUT2D eigenvalue weighted by Gasteiger charge is -2.23. The predicted molar refractivity (Wildman–Crippen MR) is 146 cm³/mol. The van der Waals surface area contributed by atoms with Crippen LogP contribution in [0.15, 0.2) is 65.1 Å². The van der Waals surface area contributed by atoms with Gasteiger partial charge in [0.1, 0.15) is 0 Å². The number of fused-ring (bicyclic) bond motifs is 2. The molecule has 2 heterocycles. The molecule has 2 aliphatic rings. The van der Waals surface area contributed by atoms with E-state index in [9.17, 15) is 14.7 Å². The van der Waals surface area contributed by atoms with E-state index in [1.54, 1.807) is 29.2 Å². The third kappa shape index (κ3) is 4.81. The second-order valence-corrected chi connectivity index (χ2v) is 10.8. The number of halogens is 1. The van der Waals surface area contributed by atoms with E-state index in [4.69, 9.17) is 9.47 Å². The molecule has 3 aromatic rings. The van der Waals surface area contributed by atoms with Crippen molar-refractivity contribution in [2.75, 3.05) is 11.7 Å². The largest absolute Gasteiger partial charge is 0.454 e. The van der Waals surface area contributed by atoms with Gasteiger partial charge in [0.05, 0.1) is 18.7 Å². The van der Waals surface area contributed by atoms with Gasteiger partial charge in [-0.05, 0) is 71.5 Å². The van der Waals surface area contributed by atoms with E-state index in [1.165, 1.54) is 11.6 Å². The monoisotopic (exact) mass is 561 g/mol. The zero-order chi connectivity index (χ0) is 26.3. The van der Waals surface area contributed by atoms with Crippen molar-refractivity contribution in [3.8, 4) is 11.5 Å². The molecule has 1 N–H and O–H groups in total. The van der Waals surface area contributed by atoms with Crippen molar-refractivity contribution in [2.24, 2.45) is 0 Å². The Hall–Kier alpha value is -3.42. The molecule has 0 aliphatic carbocycles. The van der Waals surface area contributed by atoms with E-state index >= 15 is 0 Å². The molecular weight excluding hydrogens is 534 g/mol. The summed E-state index contributed by atoms with van der Waals surface area (Å²) in [6.07, 6.45) is 2.67. The molecule has 0 radical (unpaired) electrons. The van der Waals surface area contributed by atoms with Gasteiger partial charge in [0, 0.05) is 10.0 Å². The van der Waals surface area contributed by atoms with Crippen molar-refractivity contribution in [3.63, 3.8) is 0 Å². The van der Waals surface area contributed by atoms with Gasteiger partial charge in [-0.15, -0.1) is 0 Å². The molecule has 2 aliphatic heterocycles. The summed E-state index contributed by atoms with van der Waals surface area (Å²) in [6, 6.07) is 17.0. The number of allylic oxidation sites excluding steroid dienone is 1. The SMILES string of the molecule is Cc1ccc(C(C)C)cc1CN1C(=O)[C@@](O)(CC(=O)/C=C/c2ccc3c(c2)OCO3)c2cc(Br)ccc21. The molecule has 37 heavy (non-hydrogen) atoms. The number of rotatable bonds is 7. The van der Waals surface area contributed by atoms with E-state index in [1.807, 2.05) is 25.1 Å². The van der Waals surface area contributed by atoms with Gasteiger partial charge in [-0.25, -0.2) is 0 Å². The molecule has 0 unspecified atom stereocenters. The Kier molecular flexibility index (Phi) is 6.68. The van der Waals surface area contributed by atoms with Crippen LogP contribution in [0.3, 0.4) is 0 Å². The molecule has 0 saturated carbocycles. The van der Waals surface area contributed by atoms with Gasteiger partial charge in [0.25, 0.3) is 5.91 Å². The Morgan fingerprint density at radius 1 is 1.11 bits per heavy atom. The first-order chi connectivity index (χ1) is 17.7. The number of hydrogen-bond acceptors (Lipinski definition) is 5. The number of aliphatic hydroxyl groups is 1. The van der Waals surface area contributed by atoms with Crippen LogP contribution in [0.5, 0.6) is 11.5 Å². The number of ether oxygens (including phenoxy) is 2. The summed E-state index contributed by atoms with van der Waals surface area (Å²) in [5.41, 5.74) is 3.08. The Morgan fingerprint density at radius 2 is 1.89 bits per heavy atom. The molecule has 190 valence electrons. The first-order valence-corrected chi connectivity index (χ1v) is 13.0. The fourth-order valence-electron chi connectivity index (χ4n) is 4.76. The topological polar surface area (TPSA) is 76.1 Å². The average Bonchev–Trinajstić information content (AvgIpc) is 3.41. The third-order valence-electron chi connectivity index (χ3n) is 6.95. The van der Waals surface area contributed by atoms with Crippen molar-refractivity contribution in [2.45, 2.75) is 45.3 Å². The van der Waals surface area contributed by atoms with Gasteiger partial charge in [-0.3, -0.25) is 9.59 Å². The molecule has 0 saturated heterocycles. The van der Waals surface area contributed by atoms with Gasteiger partial charge in [-0.2, -0.15) is 0 Å². The molecule has 6 nitrogen and oxygen atoms in total. The second-order valence-electron chi connectivity index (χ2n) is 9.84. The normalized spacial score (nSPS) is 18.2. The maximum atomic E-state index is 13.7. The van der Waals surface area contributed by atoms with Crippen LogP contribution in [0.4, 0.5) is 5.69 Å². The van der Waals surface area contributed by atoms with Crippen molar-refractivity contribution < 1.29 is 24.2 Å². The highest BCUT2D eigenvalue weighted by atomic mass is 79.9. The highest BCUT2D eigenvalue weighted by Crippen LogP contribution is 2.45. The Morgan fingerprint density at radius 3 is 2.68 bits per heavy atom. The summed E-state index contributed by atoms with van der Waals surface area (Å²) >= 11 is 3.45. The Labute approximate surface area is 224 Å². The summed E-state index contributed by atoms with van der Waals surface area (Å²) in [6.45, 7) is 6.75. The highest BCUT2D eigenvalue weighted by molar-refractivity contribution is 9.10. The second kappa shape index (κ2) is 9.80. The predicted octanol–water partition coefficient (Wildman–Crippen LogP) is 6.02. The Balaban J connectivity index is 1.42. The number of benzene rings is 3. The summed E-state index contributed by atoms with van der Waals surface area (Å²) in [7, 11) is 0. The number of carbonyl (C=O) groups is 2. The van der Waals surface area contributed by atoms with Crippen LogP contribution >= 0.6 is 15.9 Å². The van der Waals surface area contributed by atoms with Gasteiger partial charge < -0.3 is 19.5 Å². The average molecular weight is 562 g/mol. The van der Waals surface area contributed by atoms with Crippen LogP contribution < -0.4 is 14.4 Å². The number of ketones is 1. The molecular formula is C30H28BrNO5. The van der Waals surface area contributed by atoms with Gasteiger partial charge in [0.2, 0.25) is 6.79 Å². The van der Waals surface area contributed by atoms with Crippen molar-refractivity contribution in [1.82, 2.24) is 0 Å². The number of hydrogen-bond donors (Lipinski definition) is 1. The van der Waals surface area contributed by atoms with Crippen LogP contribution in [0.25, 0.3) is 6.08 Å². The van der Waals surface area contributed by atoms with Crippen LogP contribution in [0.1, 0.15) is 54.0 Å². The lowest BCUT2D eigenvalue weighted by atomic mass is 9.89. The minimum atomic E-state index is -1.96. The fraction of sp³-hybridized carbons (Fsp3) is 0.267. The Bertz CT molecular complexity index is 1430. The van der Waals surface area contributed by atoms with E-state index < -0.39 is 11.5 Å². The molecule has 3 aromatic carbocycles. The minimum Gasteiger partial charge on any atom is -0.454 e. The quantitative estimate of drug-likeness (QED) is 0.357. The molecule has 7 heteroatoms. The van der Waals surface area contributed by atoms with Crippen LogP contribution in [0.2, 0.25) is 0 Å². The van der Waals surface area contributed by atoms with Crippen LogP contribution in [0, 0.1) is 6.92 Å². The number of aryl methyl sites for hydroxylation is 1. The molecule has 0 aromatic heterocycles. The molecule has 0 bridgehead atoms. The number of amides is 1. The molecule has 0 fully saturated rings. The van der Waals surface area contributed by atoms with Crippen molar-refractivity contribution in [1.29, 1.82) is 0 Å². The van der Waals surface area contributed by atoms with E-state index in [0.717, 1.165) is 21.2 Å². The van der Waals surface area contributed by atoms with E-state index in [0.29, 0.717) is 35.2 Å². The van der Waals surface area contributed by atoms with E-state index in [-0.39, 0.29) is 19.0 Å². The zero-order valence-electron chi connectivity index (χ0n) is 21.0. The zero-order valence-corrected chi connectivity index (χ0v) is 22.5. The van der Waals surface area contributed by atoms with Crippen molar-refractivity contribution >= 4 is 39.4 Å². The highest BCUT2D eigenvalue weighted by Gasteiger charge is 2.50. The molecule has 5 rings (SSSR count). The van der Waals surface area contributed by atoms with Crippen LogP contribution in [-0.2, 0) is 21.7 Å². The first kappa shape index (κ1) is 25.2. The lowest BCUT2D eigenvalue weighted by molar-refractivity contribution is -0.140. The standard InChI is InChI=1S/C30H28BrNO5/c1-18(2)21-7-4-19(3)22(13-21)16-32-26-10-8-23(31)14-25(26)30(35,29(32)34)15-24(33)9-5-20-6-11-27-28(12-20)37-17-36-27/h4-14,18,35H,15-17H2,1-3H3/b9-5+/t30-/m1/s1. The smallest absolute Gasteiger partial charge is 0.264 e.